The number of benzene rings is 3. The summed E-state index contributed by atoms with van der Waals surface area (Å²) in [5.41, 5.74) is 0.845. The molecular formula is C22H19Cl2FN2O3S. The lowest BCUT2D eigenvalue weighted by Crippen LogP contribution is -2.40. The second kappa shape index (κ2) is 10.2. The SMILES string of the molecule is O=C(CN(Cc1ccccc1F)S(=O)(=O)c1ccc(Cl)cc1)NCc1ccccc1Cl. The predicted molar refractivity (Wildman–Crippen MR) is 119 cm³/mol. The van der Waals surface area contributed by atoms with Gasteiger partial charge in [0.1, 0.15) is 5.82 Å². The van der Waals surface area contributed by atoms with Crippen LogP contribution in [0.2, 0.25) is 10.0 Å². The molecule has 0 bridgehead atoms. The van der Waals surface area contributed by atoms with E-state index in [0.717, 1.165) is 4.31 Å². The molecule has 0 radical (unpaired) electrons. The van der Waals surface area contributed by atoms with E-state index in [1.165, 1.54) is 42.5 Å². The van der Waals surface area contributed by atoms with Gasteiger partial charge in [0, 0.05) is 28.7 Å². The number of hydrogen-bond acceptors (Lipinski definition) is 3. The fourth-order valence-corrected chi connectivity index (χ4v) is 4.55. The average molecular weight is 481 g/mol. The summed E-state index contributed by atoms with van der Waals surface area (Å²) >= 11 is 11.9. The molecule has 0 aromatic heterocycles. The van der Waals surface area contributed by atoms with Crippen LogP contribution in [0.25, 0.3) is 0 Å². The Balaban J connectivity index is 1.83. The number of halogens is 3. The van der Waals surface area contributed by atoms with E-state index >= 15 is 0 Å². The molecule has 0 atom stereocenters. The molecule has 0 aliphatic rings. The van der Waals surface area contributed by atoms with Crippen molar-refractivity contribution in [2.75, 3.05) is 6.54 Å². The third-order valence-electron chi connectivity index (χ3n) is 4.51. The molecular weight excluding hydrogens is 462 g/mol. The Morgan fingerprint density at radius 1 is 0.903 bits per heavy atom. The van der Waals surface area contributed by atoms with Crippen molar-refractivity contribution < 1.29 is 17.6 Å². The maximum absolute atomic E-state index is 14.2. The fourth-order valence-electron chi connectivity index (χ4n) is 2.85. The minimum Gasteiger partial charge on any atom is -0.351 e. The van der Waals surface area contributed by atoms with E-state index in [4.69, 9.17) is 23.2 Å². The first-order valence-electron chi connectivity index (χ1n) is 9.26. The summed E-state index contributed by atoms with van der Waals surface area (Å²) in [4.78, 5) is 12.5. The molecule has 0 unspecified atom stereocenters. The van der Waals surface area contributed by atoms with Crippen LogP contribution in [-0.2, 0) is 27.9 Å². The lowest BCUT2D eigenvalue weighted by atomic mass is 10.2. The zero-order chi connectivity index (χ0) is 22.4. The Hall–Kier alpha value is -2.45. The van der Waals surface area contributed by atoms with E-state index < -0.39 is 28.3 Å². The maximum atomic E-state index is 14.2. The second-order valence-electron chi connectivity index (χ2n) is 6.69. The number of carbonyl (C=O) groups excluding carboxylic acids is 1. The number of rotatable bonds is 8. The number of hydrogen-bond donors (Lipinski definition) is 1. The molecule has 3 aromatic carbocycles. The van der Waals surface area contributed by atoms with Crippen molar-refractivity contribution in [3.05, 3.63) is 99.8 Å². The van der Waals surface area contributed by atoms with Gasteiger partial charge in [0.15, 0.2) is 0 Å². The predicted octanol–water partition coefficient (Wildman–Crippen LogP) is 4.64. The Kier molecular flexibility index (Phi) is 7.67. The van der Waals surface area contributed by atoms with Crippen LogP contribution in [0.4, 0.5) is 4.39 Å². The van der Waals surface area contributed by atoms with E-state index in [-0.39, 0.29) is 23.5 Å². The number of sulfonamides is 1. The first kappa shape index (κ1) is 23.2. The third kappa shape index (κ3) is 6.04. The molecule has 1 N–H and O–H groups in total. The van der Waals surface area contributed by atoms with Crippen molar-refractivity contribution >= 4 is 39.1 Å². The van der Waals surface area contributed by atoms with Crippen LogP contribution in [0.15, 0.2) is 77.7 Å². The van der Waals surface area contributed by atoms with Crippen LogP contribution in [0.3, 0.4) is 0 Å². The molecule has 5 nitrogen and oxygen atoms in total. The Labute approximate surface area is 190 Å². The van der Waals surface area contributed by atoms with Gasteiger partial charge < -0.3 is 5.32 Å². The Morgan fingerprint density at radius 3 is 2.16 bits per heavy atom. The lowest BCUT2D eigenvalue weighted by Gasteiger charge is -2.22. The van der Waals surface area contributed by atoms with Gasteiger partial charge >= 0.3 is 0 Å². The van der Waals surface area contributed by atoms with Gasteiger partial charge in [-0.1, -0.05) is 59.6 Å². The highest BCUT2D eigenvalue weighted by Gasteiger charge is 2.27. The number of nitrogens with zero attached hydrogens (tertiary/aromatic N) is 1. The van der Waals surface area contributed by atoms with Gasteiger partial charge in [0.25, 0.3) is 0 Å². The van der Waals surface area contributed by atoms with E-state index in [2.05, 4.69) is 5.32 Å². The monoisotopic (exact) mass is 480 g/mol. The molecule has 3 aromatic rings. The highest BCUT2D eigenvalue weighted by molar-refractivity contribution is 7.89. The molecule has 0 saturated carbocycles. The van der Waals surface area contributed by atoms with Crippen molar-refractivity contribution in [1.82, 2.24) is 9.62 Å². The van der Waals surface area contributed by atoms with Gasteiger partial charge in [-0.2, -0.15) is 4.31 Å². The number of carbonyl (C=O) groups is 1. The van der Waals surface area contributed by atoms with Crippen molar-refractivity contribution in [3.8, 4) is 0 Å². The van der Waals surface area contributed by atoms with Crippen LogP contribution in [0, 0.1) is 5.82 Å². The van der Waals surface area contributed by atoms with E-state index in [1.807, 2.05) is 0 Å². The topological polar surface area (TPSA) is 66.5 Å². The quantitative estimate of drug-likeness (QED) is 0.510. The molecule has 0 aliphatic carbocycles. The lowest BCUT2D eigenvalue weighted by molar-refractivity contribution is -0.121. The van der Waals surface area contributed by atoms with Crippen molar-refractivity contribution in [3.63, 3.8) is 0 Å². The minimum atomic E-state index is -4.10. The van der Waals surface area contributed by atoms with Crippen molar-refractivity contribution in [2.45, 2.75) is 18.0 Å². The van der Waals surface area contributed by atoms with Crippen LogP contribution in [-0.4, -0.2) is 25.2 Å². The normalized spacial score (nSPS) is 11.5. The average Bonchev–Trinajstić information content (AvgIpc) is 2.74. The first-order valence-corrected chi connectivity index (χ1v) is 11.5. The molecule has 31 heavy (non-hydrogen) atoms. The first-order chi connectivity index (χ1) is 14.8. The molecule has 0 heterocycles. The molecule has 1 amide bonds. The molecule has 3 rings (SSSR count). The highest BCUT2D eigenvalue weighted by atomic mass is 35.5. The van der Waals surface area contributed by atoms with Crippen LogP contribution < -0.4 is 5.32 Å². The number of nitrogens with one attached hydrogen (secondary N) is 1. The van der Waals surface area contributed by atoms with E-state index in [0.29, 0.717) is 15.6 Å². The smallest absolute Gasteiger partial charge is 0.243 e. The van der Waals surface area contributed by atoms with Crippen molar-refractivity contribution in [2.24, 2.45) is 0 Å². The molecule has 162 valence electrons. The zero-order valence-electron chi connectivity index (χ0n) is 16.3. The summed E-state index contributed by atoms with van der Waals surface area (Å²) in [6.07, 6.45) is 0. The molecule has 0 saturated heterocycles. The summed E-state index contributed by atoms with van der Waals surface area (Å²) < 4.78 is 41.5. The van der Waals surface area contributed by atoms with Gasteiger partial charge in [-0.05, 0) is 42.0 Å². The fraction of sp³-hybridized carbons (Fsp3) is 0.136. The van der Waals surface area contributed by atoms with Gasteiger partial charge in [0.2, 0.25) is 15.9 Å². The summed E-state index contributed by atoms with van der Waals surface area (Å²) in [6, 6.07) is 18.4. The summed E-state index contributed by atoms with van der Waals surface area (Å²) in [5, 5.41) is 3.52. The van der Waals surface area contributed by atoms with Crippen LogP contribution in [0.1, 0.15) is 11.1 Å². The van der Waals surface area contributed by atoms with Gasteiger partial charge in [-0.25, -0.2) is 12.8 Å². The van der Waals surface area contributed by atoms with Gasteiger partial charge in [0.05, 0.1) is 11.4 Å². The van der Waals surface area contributed by atoms with Crippen molar-refractivity contribution in [1.29, 1.82) is 0 Å². The largest absolute Gasteiger partial charge is 0.351 e. The molecule has 0 spiro atoms. The number of amides is 1. The zero-order valence-corrected chi connectivity index (χ0v) is 18.6. The summed E-state index contributed by atoms with van der Waals surface area (Å²) in [7, 11) is -4.10. The maximum Gasteiger partial charge on any atom is 0.243 e. The van der Waals surface area contributed by atoms with Gasteiger partial charge in [-0.3, -0.25) is 4.79 Å². The van der Waals surface area contributed by atoms with Crippen LogP contribution in [0.5, 0.6) is 0 Å². The highest BCUT2D eigenvalue weighted by Crippen LogP contribution is 2.21. The molecule has 0 fully saturated rings. The van der Waals surface area contributed by atoms with E-state index in [9.17, 15) is 17.6 Å². The summed E-state index contributed by atoms with van der Waals surface area (Å²) in [6.45, 7) is -0.673. The Bertz CT molecular complexity index is 1170. The minimum absolute atomic E-state index is 0.0489. The van der Waals surface area contributed by atoms with E-state index in [1.54, 1.807) is 30.3 Å². The Morgan fingerprint density at radius 2 is 1.52 bits per heavy atom. The second-order valence-corrected chi connectivity index (χ2v) is 9.47. The van der Waals surface area contributed by atoms with Gasteiger partial charge in [-0.15, -0.1) is 0 Å². The summed E-state index contributed by atoms with van der Waals surface area (Å²) in [5.74, 6) is -1.11. The van der Waals surface area contributed by atoms with Crippen LogP contribution >= 0.6 is 23.2 Å². The molecule has 9 heteroatoms. The standard InChI is InChI=1S/C22H19Cl2FN2O3S/c23-18-9-11-19(12-10-18)31(29,30)27(14-17-6-2-4-8-21(17)25)15-22(28)26-13-16-5-1-3-7-20(16)24/h1-12H,13-15H2,(H,26,28). The third-order valence-corrected chi connectivity index (χ3v) is 6.94. The molecule has 0 aliphatic heterocycles.